The Morgan fingerprint density at radius 2 is 2.30 bits per heavy atom. The second kappa shape index (κ2) is 6.02. The van der Waals surface area contributed by atoms with E-state index in [1.54, 1.807) is 0 Å². The summed E-state index contributed by atoms with van der Waals surface area (Å²) in [5, 5.41) is 0. The van der Waals surface area contributed by atoms with Crippen molar-refractivity contribution in [2.45, 2.75) is 18.7 Å². The quantitative estimate of drug-likeness (QED) is 0.581. The Morgan fingerprint density at radius 1 is 1.45 bits per heavy atom. The predicted molar refractivity (Wildman–Crippen MR) is 81.6 cm³/mol. The second-order valence-corrected chi connectivity index (χ2v) is 5.65. The highest BCUT2D eigenvalue weighted by molar-refractivity contribution is 6.17. The van der Waals surface area contributed by atoms with E-state index < -0.39 is 0 Å². The van der Waals surface area contributed by atoms with Gasteiger partial charge >= 0.3 is 0 Å². The van der Waals surface area contributed by atoms with Gasteiger partial charge in [-0.15, -0.1) is 11.6 Å². The number of rotatable bonds is 7. The van der Waals surface area contributed by atoms with Crippen molar-refractivity contribution in [3.05, 3.63) is 30.1 Å². The zero-order valence-corrected chi connectivity index (χ0v) is 12.5. The molecule has 2 aromatic rings. The van der Waals surface area contributed by atoms with Crippen LogP contribution in [0.4, 0.5) is 5.82 Å². The molecule has 3 rings (SSSR count). The monoisotopic (exact) mass is 293 g/mol. The Kier molecular flexibility index (Phi) is 4.13. The number of anilines is 1. The number of fused-ring (bicyclic) bond motifs is 1. The zero-order chi connectivity index (χ0) is 13.9. The molecule has 4 nitrogen and oxygen atoms in total. The first-order valence-corrected chi connectivity index (χ1v) is 7.64. The van der Waals surface area contributed by atoms with Gasteiger partial charge in [0.2, 0.25) is 0 Å². The summed E-state index contributed by atoms with van der Waals surface area (Å²) in [4.78, 5) is 6.78. The molecular weight excluding hydrogens is 274 g/mol. The van der Waals surface area contributed by atoms with Crippen LogP contribution < -0.4 is 4.90 Å². The first-order chi connectivity index (χ1) is 9.79. The molecule has 0 atom stereocenters. The minimum atomic E-state index is 0.452. The lowest BCUT2D eigenvalue weighted by molar-refractivity contribution is 0.131. The van der Waals surface area contributed by atoms with Crippen LogP contribution in [0.25, 0.3) is 5.65 Å². The molecule has 2 heterocycles. The lowest BCUT2D eigenvalue weighted by Crippen LogP contribution is -2.24. The van der Waals surface area contributed by atoms with Crippen LogP contribution in [0.1, 0.15) is 18.5 Å². The van der Waals surface area contributed by atoms with Crippen molar-refractivity contribution in [1.29, 1.82) is 0 Å². The molecule has 0 saturated heterocycles. The third-order valence-electron chi connectivity index (χ3n) is 3.72. The van der Waals surface area contributed by atoms with Crippen molar-refractivity contribution < 1.29 is 4.74 Å². The third-order valence-corrected chi connectivity index (χ3v) is 3.97. The highest BCUT2D eigenvalue weighted by atomic mass is 35.5. The van der Waals surface area contributed by atoms with E-state index in [9.17, 15) is 0 Å². The summed E-state index contributed by atoms with van der Waals surface area (Å²) in [6.45, 7) is 2.48. The number of halogens is 1. The van der Waals surface area contributed by atoms with Crippen LogP contribution in [0.3, 0.4) is 0 Å². The van der Waals surface area contributed by atoms with E-state index in [1.165, 1.54) is 12.8 Å². The second-order valence-electron chi connectivity index (χ2n) is 5.38. The van der Waals surface area contributed by atoms with E-state index in [1.807, 2.05) is 35.8 Å². The highest BCUT2D eigenvalue weighted by Gasteiger charge is 2.21. The van der Waals surface area contributed by atoms with Crippen molar-refractivity contribution >= 4 is 23.1 Å². The van der Waals surface area contributed by atoms with Gasteiger partial charge in [-0.25, -0.2) is 4.98 Å². The maximum absolute atomic E-state index is 6.09. The fraction of sp³-hybridized carbons (Fsp3) is 0.533. The van der Waals surface area contributed by atoms with Gasteiger partial charge in [-0.3, -0.25) is 0 Å². The smallest absolute Gasteiger partial charge is 0.152 e. The van der Waals surface area contributed by atoms with Gasteiger partial charge in [0.1, 0.15) is 5.65 Å². The standard InChI is InChI=1S/C15H20ClN3O/c1-18(8-9-20-11-12-5-6-12)15-13(10-16)19-7-3-2-4-14(19)17-15/h2-4,7,12H,5-6,8-11H2,1H3. The summed E-state index contributed by atoms with van der Waals surface area (Å²) in [6, 6.07) is 5.98. The third kappa shape index (κ3) is 2.91. The molecule has 2 aromatic heterocycles. The summed E-state index contributed by atoms with van der Waals surface area (Å²) in [6.07, 6.45) is 4.67. The number of ether oxygens (including phenoxy) is 1. The van der Waals surface area contributed by atoms with E-state index >= 15 is 0 Å². The molecule has 0 unspecified atom stereocenters. The van der Waals surface area contributed by atoms with Crippen molar-refractivity contribution in [3.63, 3.8) is 0 Å². The Labute approximate surface area is 124 Å². The van der Waals surface area contributed by atoms with Gasteiger partial charge in [0.05, 0.1) is 18.2 Å². The van der Waals surface area contributed by atoms with E-state index in [0.717, 1.165) is 42.8 Å². The fourth-order valence-corrected chi connectivity index (χ4v) is 2.55. The summed E-state index contributed by atoms with van der Waals surface area (Å²) < 4.78 is 7.73. The average Bonchev–Trinajstić information content (AvgIpc) is 3.21. The number of imidazole rings is 1. The molecule has 0 aromatic carbocycles. The van der Waals surface area contributed by atoms with E-state index in [-0.39, 0.29) is 0 Å². The molecule has 1 saturated carbocycles. The first kappa shape index (κ1) is 13.7. The lowest BCUT2D eigenvalue weighted by atomic mass is 10.4. The van der Waals surface area contributed by atoms with Crippen LogP contribution in [-0.2, 0) is 10.6 Å². The van der Waals surface area contributed by atoms with Crippen LogP contribution >= 0.6 is 11.6 Å². The van der Waals surface area contributed by atoms with Crippen LogP contribution in [-0.4, -0.2) is 36.2 Å². The van der Waals surface area contributed by atoms with Crippen molar-refractivity contribution in [2.75, 3.05) is 31.7 Å². The first-order valence-electron chi connectivity index (χ1n) is 7.10. The molecule has 1 fully saturated rings. The van der Waals surface area contributed by atoms with E-state index in [4.69, 9.17) is 16.3 Å². The van der Waals surface area contributed by atoms with Crippen LogP contribution in [0.15, 0.2) is 24.4 Å². The molecular formula is C15H20ClN3O. The Morgan fingerprint density at radius 3 is 3.05 bits per heavy atom. The number of nitrogens with zero attached hydrogens (tertiary/aromatic N) is 3. The predicted octanol–water partition coefficient (Wildman–Crippen LogP) is 2.94. The van der Waals surface area contributed by atoms with Gasteiger partial charge in [0.25, 0.3) is 0 Å². The summed E-state index contributed by atoms with van der Waals surface area (Å²) in [7, 11) is 2.04. The maximum Gasteiger partial charge on any atom is 0.152 e. The van der Waals surface area contributed by atoms with Crippen LogP contribution in [0, 0.1) is 5.92 Å². The molecule has 5 heteroatoms. The van der Waals surface area contributed by atoms with Gasteiger partial charge in [-0.2, -0.15) is 0 Å². The molecule has 108 valence electrons. The number of hydrogen-bond donors (Lipinski definition) is 0. The Balaban J connectivity index is 1.67. The molecule has 0 radical (unpaired) electrons. The van der Waals surface area contributed by atoms with Crippen LogP contribution in [0.5, 0.6) is 0 Å². The molecule has 20 heavy (non-hydrogen) atoms. The maximum atomic E-state index is 6.09. The summed E-state index contributed by atoms with van der Waals surface area (Å²) in [5.74, 6) is 2.21. The van der Waals surface area contributed by atoms with Crippen molar-refractivity contribution in [3.8, 4) is 0 Å². The van der Waals surface area contributed by atoms with Gasteiger partial charge in [0, 0.05) is 26.4 Å². The van der Waals surface area contributed by atoms with Crippen molar-refractivity contribution in [2.24, 2.45) is 5.92 Å². The minimum Gasteiger partial charge on any atom is -0.379 e. The summed E-state index contributed by atoms with van der Waals surface area (Å²) in [5.41, 5.74) is 1.97. The Bertz CT molecular complexity index is 580. The SMILES string of the molecule is CN(CCOCC1CC1)c1nc2ccccn2c1CCl. The number of hydrogen-bond acceptors (Lipinski definition) is 3. The molecule has 0 bridgehead atoms. The number of likely N-dealkylation sites (N-methyl/N-ethyl adjacent to an activating group) is 1. The fourth-order valence-electron chi connectivity index (χ4n) is 2.31. The topological polar surface area (TPSA) is 29.8 Å². The van der Waals surface area contributed by atoms with Gasteiger partial charge < -0.3 is 14.0 Å². The molecule has 0 N–H and O–H groups in total. The molecule has 1 aliphatic rings. The Hall–Kier alpha value is -1.26. The van der Waals surface area contributed by atoms with E-state index in [0.29, 0.717) is 5.88 Å². The van der Waals surface area contributed by atoms with Crippen LogP contribution in [0.2, 0.25) is 0 Å². The van der Waals surface area contributed by atoms with Gasteiger partial charge in [-0.1, -0.05) is 6.07 Å². The molecule has 0 aliphatic heterocycles. The molecule has 0 spiro atoms. The number of pyridine rings is 1. The average molecular weight is 294 g/mol. The zero-order valence-electron chi connectivity index (χ0n) is 11.8. The van der Waals surface area contributed by atoms with Gasteiger partial charge in [0.15, 0.2) is 5.82 Å². The summed E-state index contributed by atoms with van der Waals surface area (Å²) >= 11 is 6.09. The van der Waals surface area contributed by atoms with E-state index in [2.05, 4.69) is 9.88 Å². The van der Waals surface area contributed by atoms with Crippen molar-refractivity contribution in [1.82, 2.24) is 9.38 Å². The normalized spacial score (nSPS) is 14.9. The largest absolute Gasteiger partial charge is 0.379 e. The minimum absolute atomic E-state index is 0.452. The number of aromatic nitrogens is 2. The lowest BCUT2D eigenvalue weighted by Gasteiger charge is -2.17. The van der Waals surface area contributed by atoms with Gasteiger partial charge in [-0.05, 0) is 30.9 Å². The molecule has 1 aliphatic carbocycles. The highest BCUT2D eigenvalue weighted by Crippen LogP contribution is 2.28. The molecule has 0 amide bonds. The number of alkyl halides is 1.